The number of rotatable bonds is 4. The van der Waals surface area contributed by atoms with Gasteiger partial charge in [-0.1, -0.05) is 0 Å². The summed E-state index contributed by atoms with van der Waals surface area (Å²) >= 11 is 5.81. The minimum atomic E-state index is -0.595. The van der Waals surface area contributed by atoms with Crippen molar-refractivity contribution in [3.8, 4) is 0 Å². The van der Waals surface area contributed by atoms with E-state index in [9.17, 15) is 14.0 Å². The Bertz CT molecular complexity index is 566. The van der Waals surface area contributed by atoms with E-state index in [4.69, 9.17) is 11.6 Å². The third kappa shape index (κ3) is 4.44. The summed E-state index contributed by atoms with van der Waals surface area (Å²) in [4.78, 5) is 26.2. The van der Waals surface area contributed by atoms with Gasteiger partial charge in [0.05, 0.1) is 5.41 Å². The maximum atomic E-state index is 12.9. The number of nitrogens with one attached hydrogen (secondary N) is 1. The molecule has 0 unspecified atom stereocenters. The van der Waals surface area contributed by atoms with Crippen molar-refractivity contribution in [2.24, 2.45) is 5.41 Å². The monoisotopic (exact) mass is 340 g/mol. The van der Waals surface area contributed by atoms with Crippen molar-refractivity contribution in [2.45, 2.75) is 32.7 Å². The number of hydrogen-bond acceptors (Lipinski definition) is 2. The fourth-order valence-electron chi connectivity index (χ4n) is 2.44. The minimum Gasteiger partial charge on any atom is -0.353 e. The third-order valence-electron chi connectivity index (χ3n) is 4.16. The lowest BCUT2D eigenvalue weighted by Crippen LogP contribution is -2.49. The van der Waals surface area contributed by atoms with E-state index in [0.717, 1.165) is 0 Å². The highest BCUT2D eigenvalue weighted by molar-refractivity contribution is 6.19. The van der Waals surface area contributed by atoms with Crippen molar-refractivity contribution in [3.63, 3.8) is 0 Å². The molecule has 0 spiro atoms. The molecule has 1 aliphatic rings. The van der Waals surface area contributed by atoms with E-state index in [1.165, 1.54) is 24.3 Å². The minimum absolute atomic E-state index is 0.0576. The molecule has 0 aliphatic carbocycles. The maximum absolute atomic E-state index is 12.9. The number of likely N-dealkylation sites (tertiary alicyclic amines) is 1. The van der Waals surface area contributed by atoms with Gasteiger partial charge in [0, 0.05) is 30.6 Å². The number of nitrogens with zero attached hydrogens (tertiary/aromatic N) is 1. The van der Waals surface area contributed by atoms with Crippen LogP contribution < -0.4 is 5.32 Å². The second-order valence-electron chi connectivity index (χ2n) is 6.56. The first-order valence-electron chi connectivity index (χ1n) is 7.75. The Kier molecular flexibility index (Phi) is 5.63. The molecule has 1 saturated heterocycles. The smallest absolute Gasteiger partial charge is 0.253 e. The van der Waals surface area contributed by atoms with Crippen LogP contribution in [0.4, 0.5) is 4.39 Å². The van der Waals surface area contributed by atoms with Crippen LogP contribution >= 0.6 is 11.6 Å². The van der Waals surface area contributed by atoms with Gasteiger partial charge >= 0.3 is 0 Å². The summed E-state index contributed by atoms with van der Waals surface area (Å²) in [6.45, 7) is 4.76. The molecule has 0 atom stereocenters. The summed E-state index contributed by atoms with van der Waals surface area (Å²) in [6, 6.07) is 5.62. The third-order valence-corrected chi connectivity index (χ3v) is 4.83. The van der Waals surface area contributed by atoms with E-state index in [-0.39, 0.29) is 29.6 Å². The molecule has 23 heavy (non-hydrogen) atoms. The van der Waals surface area contributed by atoms with Gasteiger partial charge in [0.1, 0.15) is 5.82 Å². The van der Waals surface area contributed by atoms with Gasteiger partial charge in [0.15, 0.2) is 0 Å². The molecule has 1 aromatic carbocycles. The molecule has 1 aromatic rings. The fraction of sp³-hybridized carbons (Fsp3) is 0.529. The zero-order valence-electron chi connectivity index (χ0n) is 13.4. The van der Waals surface area contributed by atoms with Gasteiger partial charge in [-0.05, 0) is 51.0 Å². The largest absolute Gasteiger partial charge is 0.353 e. The van der Waals surface area contributed by atoms with Crippen molar-refractivity contribution in [2.75, 3.05) is 19.0 Å². The van der Waals surface area contributed by atoms with E-state index in [2.05, 4.69) is 5.32 Å². The van der Waals surface area contributed by atoms with Gasteiger partial charge in [0.2, 0.25) is 5.91 Å². The van der Waals surface area contributed by atoms with Crippen LogP contribution in [-0.4, -0.2) is 41.7 Å². The number of benzene rings is 1. The lowest BCUT2D eigenvalue weighted by molar-refractivity contribution is -0.129. The SMILES string of the molecule is CC(C)(CCl)C(=O)NC1CCN(C(=O)c2ccc(F)cc2)CC1. The summed E-state index contributed by atoms with van der Waals surface area (Å²) in [6.07, 6.45) is 1.41. The molecule has 126 valence electrons. The number of alkyl halides is 1. The Morgan fingerprint density at radius 1 is 1.26 bits per heavy atom. The zero-order valence-corrected chi connectivity index (χ0v) is 14.2. The topological polar surface area (TPSA) is 49.4 Å². The number of carbonyl (C=O) groups excluding carboxylic acids is 2. The van der Waals surface area contributed by atoms with Crippen LogP contribution in [0.25, 0.3) is 0 Å². The Balaban J connectivity index is 1.87. The summed E-state index contributed by atoms with van der Waals surface area (Å²) in [7, 11) is 0. The van der Waals surface area contributed by atoms with Crippen LogP contribution in [0.5, 0.6) is 0 Å². The van der Waals surface area contributed by atoms with Gasteiger partial charge in [-0.3, -0.25) is 9.59 Å². The van der Waals surface area contributed by atoms with E-state index < -0.39 is 5.41 Å². The number of halogens is 2. The van der Waals surface area contributed by atoms with Crippen molar-refractivity contribution in [1.82, 2.24) is 10.2 Å². The van der Waals surface area contributed by atoms with Crippen molar-refractivity contribution < 1.29 is 14.0 Å². The zero-order chi connectivity index (χ0) is 17.0. The van der Waals surface area contributed by atoms with E-state index in [1.807, 2.05) is 13.8 Å². The van der Waals surface area contributed by atoms with Crippen molar-refractivity contribution >= 4 is 23.4 Å². The molecule has 4 nitrogen and oxygen atoms in total. The van der Waals surface area contributed by atoms with Crippen LogP contribution in [0, 0.1) is 11.2 Å². The Morgan fingerprint density at radius 2 is 1.83 bits per heavy atom. The molecule has 1 aliphatic heterocycles. The molecular formula is C17H22ClFN2O2. The average molecular weight is 341 g/mol. The molecule has 1 N–H and O–H groups in total. The summed E-state index contributed by atoms with van der Waals surface area (Å²) in [5.41, 5.74) is -0.111. The predicted octanol–water partition coefficient (Wildman–Crippen LogP) is 2.81. The highest BCUT2D eigenvalue weighted by atomic mass is 35.5. The fourth-order valence-corrected chi connectivity index (χ4v) is 2.56. The number of hydrogen-bond donors (Lipinski definition) is 1. The highest BCUT2D eigenvalue weighted by Gasteiger charge is 2.30. The van der Waals surface area contributed by atoms with Crippen LogP contribution in [0.3, 0.4) is 0 Å². The molecule has 1 fully saturated rings. The van der Waals surface area contributed by atoms with Crippen molar-refractivity contribution in [3.05, 3.63) is 35.6 Å². The quantitative estimate of drug-likeness (QED) is 0.857. The summed E-state index contributed by atoms with van der Waals surface area (Å²) < 4.78 is 12.9. The van der Waals surface area contributed by atoms with Crippen LogP contribution in [-0.2, 0) is 4.79 Å². The van der Waals surface area contributed by atoms with Gasteiger partial charge in [-0.2, -0.15) is 0 Å². The van der Waals surface area contributed by atoms with Crippen molar-refractivity contribution in [1.29, 1.82) is 0 Å². The lowest BCUT2D eigenvalue weighted by Gasteiger charge is -2.34. The molecular weight excluding hydrogens is 319 g/mol. The van der Waals surface area contributed by atoms with Crippen LogP contribution in [0.2, 0.25) is 0 Å². The average Bonchev–Trinajstić information content (AvgIpc) is 2.55. The Morgan fingerprint density at radius 3 is 2.35 bits per heavy atom. The summed E-state index contributed by atoms with van der Waals surface area (Å²) in [5.74, 6) is -0.252. The Hall–Kier alpha value is -1.62. The predicted molar refractivity (Wildman–Crippen MR) is 88.0 cm³/mol. The number of amides is 2. The normalized spacial score (nSPS) is 16.3. The molecule has 1 heterocycles. The molecule has 2 amide bonds. The highest BCUT2D eigenvalue weighted by Crippen LogP contribution is 2.20. The second-order valence-corrected chi connectivity index (χ2v) is 6.83. The molecule has 0 aromatic heterocycles. The molecule has 6 heteroatoms. The maximum Gasteiger partial charge on any atom is 0.253 e. The first kappa shape index (κ1) is 17.7. The number of piperidine rings is 1. The summed E-state index contributed by atoms with van der Waals surface area (Å²) in [5, 5.41) is 3.01. The van der Waals surface area contributed by atoms with E-state index >= 15 is 0 Å². The molecule has 2 rings (SSSR count). The van der Waals surface area contributed by atoms with Gasteiger partial charge in [-0.15, -0.1) is 11.6 Å². The molecule has 0 saturated carbocycles. The van der Waals surface area contributed by atoms with E-state index in [1.54, 1.807) is 4.90 Å². The standard InChI is InChI=1S/C17H22ClFN2O2/c1-17(2,11-18)16(23)20-14-7-9-21(10-8-14)15(22)12-3-5-13(19)6-4-12/h3-6,14H,7-11H2,1-2H3,(H,20,23). The first-order valence-corrected chi connectivity index (χ1v) is 8.29. The Labute approximate surface area is 141 Å². The van der Waals surface area contributed by atoms with Gasteiger partial charge in [-0.25, -0.2) is 4.39 Å². The van der Waals surface area contributed by atoms with Gasteiger partial charge < -0.3 is 10.2 Å². The van der Waals surface area contributed by atoms with E-state index in [0.29, 0.717) is 31.5 Å². The molecule has 0 radical (unpaired) electrons. The molecule has 0 bridgehead atoms. The number of carbonyl (C=O) groups is 2. The van der Waals surface area contributed by atoms with Crippen LogP contribution in [0.1, 0.15) is 37.0 Å². The lowest BCUT2D eigenvalue weighted by atomic mass is 9.93. The van der Waals surface area contributed by atoms with Gasteiger partial charge in [0.25, 0.3) is 5.91 Å². The van der Waals surface area contributed by atoms with Crippen LogP contribution in [0.15, 0.2) is 24.3 Å². The first-order chi connectivity index (χ1) is 10.8. The second kappa shape index (κ2) is 7.30.